The van der Waals surface area contributed by atoms with Crippen molar-refractivity contribution in [1.82, 2.24) is 4.90 Å². The van der Waals surface area contributed by atoms with E-state index in [4.69, 9.17) is 5.73 Å². The van der Waals surface area contributed by atoms with Crippen molar-refractivity contribution in [2.45, 2.75) is 12.5 Å². The monoisotopic (exact) mass is 207 g/mol. The van der Waals surface area contributed by atoms with Gasteiger partial charge in [0.1, 0.15) is 6.04 Å². The summed E-state index contributed by atoms with van der Waals surface area (Å²) < 4.78 is 0. The molecule has 0 saturated heterocycles. The Morgan fingerprint density at radius 2 is 2.50 bits per heavy atom. The fraction of sp³-hybridized carbons (Fsp3) is 0.333. The molecule has 1 amide bonds. The highest BCUT2D eigenvalue weighted by Crippen LogP contribution is 2.36. The summed E-state index contributed by atoms with van der Waals surface area (Å²) in [6.07, 6.45) is 0.965. The number of hydrogen-bond donors (Lipinski definition) is 1. The second-order valence-electron chi connectivity index (χ2n) is 3.45. The third-order valence-corrected chi connectivity index (χ3v) is 3.72. The molecule has 4 nitrogen and oxygen atoms in total. The molecule has 3 heterocycles. The molecule has 0 aromatic carbocycles. The van der Waals surface area contributed by atoms with Gasteiger partial charge in [0.2, 0.25) is 0 Å². The van der Waals surface area contributed by atoms with Crippen molar-refractivity contribution in [3.8, 4) is 0 Å². The third kappa shape index (κ3) is 0.874. The highest BCUT2D eigenvalue weighted by atomic mass is 32.1. The van der Waals surface area contributed by atoms with Crippen molar-refractivity contribution < 1.29 is 4.79 Å². The van der Waals surface area contributed by atoms with Crippen LogP contribution in [0.5, 0.6) is 0 Å². The molecule has 3 rings (SSSR count). The summed E-state index contributed by atoms with van der Waals surface area (Å²) >= 11 is 1.71. The van der Waals surface area contributed by atoms with E-state index in [0.29, 0.717) is 5.96 Å². The Kier molecular flexibility index (Phi) is 1.47. The van der Waals surface area contributed by atoms with Crippen LogP contribution in [0.1, 0.15) is 16.5 Å². The number of rotatable bonds is 0. The van der Waals surface area contributed by atoms with Gasteiger partial charge in [-0.3, -0.25) is 4.79 Å². The van der Waals surface area contributed by atoms with Crippen LogP contribution in [0, 0.1) is 0 Å². The van der Waals surface area contributed by atoms with Crippen LogP contribution in [-0.2, 0) is 11.2 Å². The Morgan fingerprint density at radius 3 is 3.36 bits per heavy atom. The van der Waals surface area contributed by atoms with Gasteiger partial charge in [-0.15, -0.1) is 11.3 Å². The van der Waals surface area contributed by atoms with Gasteiger partial charge in [0, 0.05) is 11.4 Å². The van der Waals surface area contributed by atoms with Gasteiger partial charge in [0.25, 0.3) is 5.91 Å². The Balaban J connectivity index is 2.11. The number of carbonyl (C=O) groups excluding carboxylic acids is 1. The molecule has 0 saturated carbocycles. The number of nitrogens with two attached hydrogens (primary N) is 1. The SMILES string of the molecule is NC1=NC(=O)C2c3ccsc3CCN12. The summed E-state index contributed by atoms with van der Waals surface area (Å²) in [6, 6.07) is 1.77. The first-order chi connectivity index (χ1) is 6.77. The first-order valence-electron chi connectivity index (χ1n) is 4.48. The third-order valence-electron chi connectivity index (χ3n) is 2.72. The zero-order valence-electron chi connectivity index (χ0n) is 7.43. The van der Waals surface area contributed by atoms with Gasteiger partial charge in [-0.1, -0.05) is 0 Å². The van der Waals surface area contributed by atoms with Gasteiger partial charge >= 0.3 is 0 Å². The van der Waals surface area contributed by atoms with Crippen molar-refractivity contribution in [3.63, 3.8) is 0 Å². The minimum absolute atomic E-state index is 0.123. The van der Waals surface area contributed by atoms with Gasteiger partial charge < -0.3 is 10.6 Å². The lowest BCUT2D eigenvalue weighted by Crippen LogP contribution is -2.40. The summed E-state index contributed by atoms with van der Waals surface area (Å²) in [5.41, 5.74) is 6.76. The van der Waals surface area contributed by atoms with E-state index in [1.807, 2.05) is 16.3 Å². The smallest absolute Gasteiger partial charge is 0.276 e. The maximum Gasteiger partial charge on any atom is 0.276 e. The van der Waals surface area contributed by atoms with E-state index in [1.165, 1.54) is 4.88 Å². The Hall–Kier alpha value is -1.36. The molecular weight excluding hydrogens is 198 g/mol. The number of guanidine groups is 1. The van der Waals surface area contributed by atoms with E-state index >= 15 is 0 Å². The van der Waals surface area contributed by atoms with Crippen LogP contribution in [0.2, 0.25) is 0 Å². The highest BCUT2D eigenvalue weighted by molar-refractivity contribution is 7.10. The fourth-order valence-electron chi connectivity index (χ4n) is 2.07. The number of aliphatic imine (C=N–C) groups is 1. The Bertz CT molecular complexity index is 437. The van der Waals surface area contributed by atoms with Gasteiger partial charge in [-0.2, -0.15) is 4.99 Å². The second-order valence-corrected chi connectivity index (χ2v) is 4.45. The summed E-state index contributed by atoms with van der Waals surface area (Å²) in [6.45, 7) is 0.805. The molecule has 1 aromatic rings. The molecule has 5 heteroatoms. The minimum Gasteiger partial charge on any atom is -0.369 e. The van der Waals surface area contributed by atoms with Gasteiger partial charge in [-0.05, 0) is 23.4 Å². The lowest BCUT2D eigenvalue weighted by Gasteiger charge is -2.29. The number of amides is 1. The molecule has 0 radical (unpaired) electrons. The van der Waals surface area contributed by atoms with Crippen LogP contribution < -0.4 is 5.73 Å². The highest BCUT2D eigenvalue weighted by Gasteiger charge is 2.39. The molecular formula is C9H9N3OS. The van der Waals surface area contributed by atoms with Gasteiger partial charge in [0.15, 0.2) is 5.96 Å². The molecule has 1 atom stereocenters. The first kappa shape index (κ1) is 7.99. The molecule has 0 aliphatic carbocycles. The largest absolute Gasteiger partial charge is 0.369 e. The van der Waals surface area contributed by atoms with Crippen molar-refractivity contribution in [2.24, 2.45) is 10.7 Å². The molecule has 72 valence electrons. The van der Waals surface area contributed by atoms with E-state index in [2.05, 4.69) is 4.99 Å². The van der Waals surface area contributed by atoms with Crippen LogP contribution in [0.25, 0.3) is 0 Å². The Morgan fingerprint density at radius 1 is 1.64 bits per heavy atom. The van der Waals surface area contributed by atoms with Crippen molar-refractivity contribution in [2.75, 3.05) is 6.54 Å². The number of thiophene rings is 1. The van der Waals surface area contributed by atoms with E-state index in [1.54, 1.807) is 11.3 Å². The standard InChI is InChI=1S/C9H9N3OS/c10-9-11-8(13)7-5-2-4-14-6(5)1-3-12(7)9/h2,4,7H,1,3H2,(H2,10,11,13). The average Bonchev–Trinajstić information content (AvgIpc) is 2.71. The van der Waals surface area contributed by atoms with Gasteiger partial charge in [0.05, 0.1) is 0 Å². The summed E-state index contributed by atoms with van der Waals surface area (Å²) in [5.74, 6) is 0.249. The molecule has 1 unspecified atom stereocenters. The topological polar surface area (TPSA) is 58.7 Å². The summed E-state index contributed by atoms with van der Waals surface area (Å²) in [5, 5.41) is 2.02. The van der Waals surface area contributed by atoms with Crippen LogP contribution in [0.3, 0.4) is 0 Å². The lowest BCUT2D eigenvalue weighted by atomic mass is 10.0. The van der Waals surface area contributed by atoms with Crippen molar-refractivity contribution >= 4 is 23.2 Å². The molecule has 14 heavy (non-hydrogen) atoms. The maximum absolute atomic E-state index is 11.6. The van der Waals surface area contributed by atoms with E-state index in [0.717, 1.165) is 18.5 Å². The van der Waals surface area contributed by atoms with Crippen molar-refractivity contribution in [3.05, 3.63) is 21.9 Å². The molecule has 2 N–H and O–H groups in total. The van der Waals surface area contributed by atoms with Crippen LogP contribution in [0.4, 0.5) is 0 Å². The zero-order valence-corrected chi connectivity index (χ0v) is 8.25. The van der Waals surface area contributed by atoms with Crippen molar-refractivity contribution in [1.29, 1.82) is 0 Å². The normalized spacial score (nSPS) is 24.6. The predicted molar refractivity (Wildman–Crippen MR) is 54.1 cm³/mol. The van der Waals surface area contributed by atoms with Crippen LogP contribution in [-0.4, -0.2) is 23.3 Å². The van der Waals surface area contributed by atoms with Crippen LogP contribution in [0.15, 0.2) is 16.4 Å². The fourth-order valence-corrected chi connectivity index (χ4v) is 2.97. The number of carbonyl (C=O) groups is 1. The molecule has 2 aliphatic heterocycles. The van der Waals surface area contributed by atoms with E-state index in [-0.39, 0.29) is 11.9 Å². The molecule has 0 bridgehead atoms. The summed E-state index contributed by atoms with van der Waals surface area (Å²) in [4.78, 5) is 18.6. The average molecular weight is 207 g/mol. The predicted octanol–water partition coefficient (Wildman–Crippen LogP) is 0.502. The van der Waals surface area contributed by atoms with E-state index in [9.17, 15) is 4.79 Å². The molecule has 0 spiro atoms. The zero-order chi connectivity index (χ0) is 9.71. The van der Waals surface area contributed by atoms with E-state index < -0.39 is 0 Å². The first-order valence-corrected chi connectivity index (χ1v) is 5.36. The van der Waals surface area contributed by atoms with Gasteiger partial charge in [-0.25, -0.2) is 0 Å². The lowest BCUT2D eigenvalue weighted by molar-refractivity contribution is -0.120. The maximum atomic E-state index is 11.6. The molecule has 2 aliphatic rings. The Labute approximate surface area is 85.0 Å². The number of fused-ring (bicyclic) bond motifs is 3. The second kappa shape index (κ2) is 2.57. The molecule has 0 fully saturated rings. The molecule has 1 aromatic heterocycles. The van der Waals surface area contributed by atoms with Crippen LogP contribution >= 0.6 is 11.3 Å². The summed E-state index contributed by atoms with van der Waals surface area (Å²) in [7, 11) is 0. The number of hydrogen-bond acceptors (Lipinski definition) is 4. The number of nitrogens with zero attached hydrogens (tertiary/aromatic N) is 2. The quantitative estimate of drug-likeness (QED) is 0.674. The minimum atomic E-state index is -0.231.